The molecule has 2 atom stereocenters. The Morgan fingerprint density at radius 3 is 2.39 bits per heavy atom. The van der Waals surface area contributed by atoms with Crippen molar-refractivity contribution in [3.8, 4) is 6.07 Å². The smallest absolute Gasteiger partial charge is 0.326 e. The third-order valence-corrected chi connectivity index (χ3v) is 4.57. The molecule has 18 heavy (non-hydrogen) atoms. The number of nitrogens with one attached hydrogen (secondary N) is 1. The van der Waals surface area contributed by atoms with Gasteiger partial charge in [-0.3, -0.25) is 4.79 Å². The Morgan fingerprint density at radius 2 is 2.06 bits per heavy atom. The predicted molar refractivity (Wildman–Crippen MR) is 67.1 cm³/mol. The first-order valence-electron chi connectivity index (χ1n) is 5.78. The number of esters is 1. The molecule has 6 nitrogen and oxygen atoms in total. The van der Waals surface area contributed by atoms with Crippen LogP contribution >= 0.6 is 0 Å². The van der Waals surface area contributed by atoms with Crippen LogP contribution in [0.5, 0.6) is 0 Å². The van der Waals surface area contributed by atoms with Crippen molar-refractivity contribution < 1.29 is 17.9 Å². The van der Waals surface area contributed by atoms with Gasteiger partial charge in [0, 0.05) is 0 Å². The molecule has 0 aromatic rings. The number of hydrogen-bond acceptors (Lipinski definition) is 5. The van der Waals surface area contributed by atoms with Crippen LogP contribution in [0, 0.1) is 11.3 Å². The molecule has 0 aliphatic carbocycles. The quantitative estimate of drug-likeness (QED) is 0.698. The lowest BCUT2D eigenvalue weighted by molar-refractivity contribution is -0.147. The van der Waals surface area contributed by atoms with Gasteiger partial charge in [-0.1, -0.05) is 20.3 Å². The van der Waals surface area contributed by atoms with Crippen LogP contribution in [0.3, 0.4) is 0 Å². The predicted octanol–water partition coefficient (Wildman–Crippen LogP) is 0.940. The molecular formula is C11H20N2O4S. The van der Waals surface area contributed by atoms with Gasteiger partial charge in [-0.15, -0.1) is 0 Å². The van der Waals surface area contributed by atoms with Crippen LogP contribution in [-0.2, 0) is 19.6 Å². The third kappa shape index (κ3) is 3.96. The number of rotatable bonds is 7. The molecule has 104 valence electrons. The number of hydrogen-bond donors (Lipinski definition) is 1. The van der Waals surface area contributed by atoms with Gasteiger partial charge in [-0.05, 0) is 19.8 Å². The molecule has 0 spiro atoms. The summed E-state index contributed by atoms with van der Waals surface area (Å²) in [5.41, 5.74) is -1.33. The highest BCUT2D eigenvalue weighted by molar-refractivity contribution is 7.90. The molecular weight excluding hydrogens is 256 g/mol. The highest BCUT2D eigenvalue weighted by atomic mass is 32.2. The summed E-state index contributed by atoms with van der Waals surface area (Å²) in [6, 6.07) is 1.71. The van der Waals surface area contributed by atoms with E-state index in [9.17, 15) is 13.2 Å². The Balaban J connectivity index is 5.24. The normalized spacial score (nSPS) is 16.4. The number of nitriles is 1. The van der Waals surface area contributed by atoms with E-state index in [4.69, 9.17) is 5.26 Å². The summed E-state index contributed by atoms with van der Waals surface area (Å²) in [5.74, 6) is -0.652. The van der Waals surface area contributed by atoms with Gasteiger partial charge in [-0.2, -0.15) is 9.98 Å². The molecule has 0 aliphatic rings. The summed E-state index contributed by atoms with van der Waals surface area (Å²) in [5, 5.41) is 7.63. The Labute approximate surface area is 108 Å². The Hall–Kier alpha value is -1.13. The first kappa shape index (κ1) is 16.9. The van der Waals surface area contributed by atoms with E-state index in [0.717, 1.165) is 0 Å². The van der Waals surface area contributed by atoms with Gasteiger partial charge in [0.25, 0.3) is 0 Å². The van der Waals surface area contributed by atoms with E-state index >= 15 is 0 Å². The number of carbonyl (C=O) groups excluding carboxylic acids is 1. The van der Waals surface area contributed by atoms with Crippen LogP contribution in [0.2, 0.25) is 0 Å². The fourth-order valence-electron chi connectivity index (χ4n) is 1.69. The van der Waals surface area contributed by atoms with Crippen molar-refractivity contribution in [2.75, 3.05) is 7.11 Å². The van der Waals surface area contributed by atoms with Gasteiger partial charge in [0.2, 0.25) is 10.0 Å². The monoisotopic (exact) mass is 276 g/mol. The van der Waals surface area contributed by atoms with Gasteiger partial charge in [0.05, 0.1) is 13.2 Å². The van der Waals surface area contributed by atoms with E-state index < -0.39 is 26.8 Å². The lowest BCUT2D eigenvalue weighted by Gasteiger charge is -2.28. The van der Waals surface area contributed by atoms with Crippen LogP contribution in [0.25, 0.3) is 0 Å². The molecule has 1 N–H and O–H groups in total. The maximum absolute atomic E-state index is 12.0. The highest BCUT2D eigenvalue weighted by Gasteiger charge is 2.39. The van der Waals surface area contributed by atoms with Crippen LogP contribution < -0.4 is 4.72 Å². The van der Waals surface area contributed by atoms with Crippen molar-refractivity contribution in [3.63, 3.8) is 0 Å². The molecule has 0 rings (SSSR count). The fraction of sp³-hybridized carbons (Fsp3) is 0.818. The molecule has 0 bridgehead atoms. The van der Waals surface area contributed by atoms with E-state index in [1.54, 1.807) is 13.0 Å². The molecule has 0 aromatic heterocycles. The maximum atomic E-state index is 12.0. The van der Waals surface area contributed by atoms with E-state index in [-0.39, 0.29) is 6.42 Å². The lowest BCUT2D eigenvalue weighted by Crippen LogP contribution is -2.54. The number of sulfonamides is 1. The molecule has 0 saturated carbocycles. The van der Waals surface area contributed by atoms with Crippen molar-refractivity contribution in [1.82, 2.24) is 4.72 Å². The molecule has 0 amide bonds. The molecule has 0 aromatic carbocycles. The Kier molecular flexibility index (Phi) is 6.29. The molecule has 0 radical (unpaired) electrons. The second-order valence-electron chi connectivity index (χ2n) is 4.25. The van der Waals surface area contributed by atoms with Crippen molar-refractivity contribution in [1.29, 1.82) is 5.26 Å². The minimum absolute atomic E-state index is 0.162. The van der Waals surface area contributed by atoms with Crippen molar-refractivity contribution in [2.24, 2.45) is 0 Å². The van der Waals surface area contributed by atoms with Gasteiger partial charge in [0.1, 0.15) is 5.54 Å². The van der Waals surface area contributed by atoms with Crippen molar-refractivity contribution >= 4 is 16.0 Å². The third-order valence-electron chi connectivity index (χ3n) is 2.64. The SMILES string of the molecule is CCCC(C)(NS(=O)(=O)C(C#N)CC)C(=O)OC. The average Bonchev–Trinajstić information content (AvgIpc) is 2.28. The zero-order chi connectivity index (χ0) is 14.4. The van der Waals surface area contributed by atoms with Gasteiger partial charge < -0.3 is 4.74 Å². The van der Waals surface area contributed by atoms with E-state index in [1.165, 1.54) is 14.0 Å². The second kappa shape index (κ2) is 6.71. The maximum Gasteiger partial charge on any atom is 0.326 e. The summed E-state index contributed by atoms with van der Waals surface area (Å²) < 4.78 is 30.8. The minimum Gasteiger partial charge on any atom is -0.468 e. The van der Waals surface area contributed by atoms with E-state index in [0.29, 0.717) is 12.8 Å². The number of methoxy groups -OCH3 is 1. The van der Waals surface area contributed by atoms with Crippen LogP contribution in [0.1, 0.15) is 40.0 Å². The zero-order valence-corrected chi connectivity index (χ0v) is 12.0. The summed E-state index contributed by atoms with van der Waals surface area (Å²) in [4.78, 5) is 11.7. The first-order chi connectivity index (χ1) is 8.27. The van der Waals surface area contributed by atoms with Gasteiger partial charge >= 0.3 is 5.97 Å². The lowest BCUT2D eigenvalue weighted by atomic mass is 9.98. The number of carbonyl (C=O) groups is 1. The summed E-state index contributed by atoms with van der Waals surface area (Å²) in [7, 11) is -2.67. The topological polar surface area (TPSA) is 96.3 Å². The molecule has 0 saturated heterocycles. The molecule has 0 aliphatic heterocycles. The van der Waals surface area contributed by atoms with Crippen LogP contribution in [0.4, 0.5) is 0 Å². The molecule has 7 heteroatoms. The van der Waals surface area contributed by atoms with Crippen molar-refractivity contribution in [3.05, 3.63) is 0 Å². The van der Waals surface area contributed by atoms with Gasteiger partial charge in [-0.25, -0.2) is 8.42 Å². The van der Waals surface area contributed by atoms with Gasteiger partial charge in [0.15, 0.2) is 5.25 Å². The molecule has 0 heterocycles. The first-order valence-corrected chi connectivity index (χ1v) is 7.32. The fourth-order valence-corrected chi connectivity index (χ4v) is 3.22. The van der Waals surface area contributed by atoms with E-state index in [2.05, 4.69) is 9.46 Å². The number of nitrogens with zero attached hydrogens (tertiary/aromatic N) is 1. The largest absolute Gasteiger partial charge is 0.468 e. The Morgan fingerprint density at radius 1 is 1.50 bits per heavy atom. The summed E-state index contributed by atoms with van der Waals surface area (Å²) in [6.45, 7) is 4.89. The molecule has 2 unspecified atom stereocenters. The average molecular weight is 276 g/mol. The van der Waals surface area contributed by atoms with Crippen molar-refractivity contribution in [2.45, 2.75) is 50.8 Å². The van der Waals surface area contributed by atoms with Crippen LogP contribution in [0.15, 0.2) is 0 Å². The summed E-state index contributed by atoms with van der Waals surface area (Å²) >= 11 is 0. The highest BCUT2D eigenvalue weighted by Crippen LogP contribution is 2.18. The second-order valence-corrected chi connectivity index (χ2v) is 6.11. The Bertz CT molecular complexity index is 427. The minimum atomic E-state index is -3.87. The molecule has 0 fully saturated rings. The van der Waals surface area contributed by atoms with E-state index in [1.807, 2.05) is 6.92 Å². The number of ether oxygens (including phenoxy) is 1. The summed E-state index contributed by atoms with van der Waals surface area (Å²) in [6.07, 6.45) is 1.08. The standard InChI is InChI=1S/C11H20N2O4S/c1-5-7-11(3,10(14)17-4)13-18(15,16)9(6-2)8-12/h9,13H,5-7H2,1-4H3. The van der Waals surface area contributed by atoms with Crippen LogP contribution in [-0.4, -0.2) is 32.3 Å². The zero-order valence-electron chi connectivity index (χ0n) is 11.2.